The Labute approximate surface area is 206 Å². The van der Waals surface area contributed by atoms with Gasteiger partial charge in [-0.1, -0.05) is 13.0 Å². The van der Waals surface area contributed by atoms with Crippen molar-refractivity contribution in [1.82, 2.24) is 14.5 Å². The number of anilines is 1. The van der Waals surface area contributed by atoms with Gasteiger partial charge in [-0.05, 0) is 56.0 Å². The number of benzene rings is 2. The van der Waals surface area contributed by atoms with Crippen LogP contribution in [0.15, 0.2) is 30.3 Å². The average molecular weight is 476 g/mol. The molecule has 1 aliphatic heterocycles. The molecule has 1 atom stereocenters. The number of piperazine rings is 1. The molecule has 1 aromatic heterocycles. The molecule has 0 spiro atoms. The van der Waals surface area contributed by atoms with Crippen LogP contribution in [-0.4, -0.2) is 57.4 Å². The van der Waals surface area contributed by atoms with E-state index < -0.39 is 0 Å². The Morgan fingerprint density at radius 1 is 1.23 bits per heavy atom. The van der Waals surface area contributed by atoms with Gasteiger partial charge in [-0.25, -0.2) is 4.98 Å². The van der Waals surface area contributed by atoms with Crippen molar-refractivity contribution in [1.29, 1.82) is 5.26 Å². The van der Waals surface area contributed by atoms with E-state index in [4.69, 9.17) is 9.72 Å². The summed E-state index contributed by atoms with van der Waals surface area (Å²) >= 11 is 0. The van der Waals surface area contributed by atoms with Crippen molar-refractivity contribution in [3.05, 3.63) is 41.7 Å². The van der Waals surface area contributed by atoms with Gasteiger partial charge < -0.3 is 24.4 Å². The highest BCUT2D eigenvalue weighted by molar-refractivity contribution is 5.83. The number of ether oxygens (including phenoxy) is 1. The number of hydrogen-bond acceptors (Lipinski definition) is 7. The number of nitriles is 1. The van der Waals surface area contributed by atoms with E-state index in [1.165, 1.54) is 6.07 Å². The summed E-state index contributed by atoms with van der Waals surface area (Å²) in [5.74, 6) is 1.56. The van der Waals surface area contributed by atoms with Crippen molar-refractivity contribution in [2.75, 3.05) is 31.6 Å². The van der Waals surface area contributed by atoms with Crippen molar-refractivity contribution in [3.63, 3.8) is 0 Å². The van der Waals surface area contributed by atoms with Crippen LogP contribution in [0.25, 0.3) is 11.0 Å². The molecule has 0 radical (unpaired) electrons. The van der Waals surface area contributed by atoms with Gasteiger partial charge in [-0.15, -0.1) is 0 Å². The Kier molecular flexibility index (Phi) is 5.97. The van der Waals surface area contributed by atoms with E-state index in [0.717, 1.165) is 67.1 Å². The zero-order chi connectivity index (χ0) is 24.7. The number of nitrogens with zero attached hydrogens (tertiary/aromatic N) is 5. The molecule has 184 valence electrons. The standard InChI is InChI=1S/C27H33N5O3/c1-4-19-14-31(20-6-5-7-22(33)26(20)34)11-10-30(19)15-24-29-25-21(12-18(2)13-23(25)35-3)32(24)17-27(16-28)8-9-27/h5-7,12-13,19,33-34H,4,8-11,14-15,17H2,1-3H3. The predicted octanol–water partition coefficient (Wildman–Crippen LogP) is 4.17. The molecule has 35 heavy (non-hydrogen) atoms. The molecule has 2 heterocycles. The molecule has 0 amide bonds. The summed E-state index contributed by atoms with van der Waals surface area (Å²) in [4.78, 5) is 9.62. The summed E-state index contributed by atoms with van der Waals surface area (Å²) in [7, 11) is 1.67. The van der Waals surface area contributed by atoms with Crippen LogP contribution in [0.5, 0.6) is 17.2 Å². The lowest BCUT2D eigenvalue weighted by Crippen LogP contribution is -2.52. The Morgan fingerprint density at radius 2 is 2.03 bits per heavy atom. The van der Waals surface area contributed by atoms with Gasteiger partial charge in [0.2, 0.25) is 0 Å². The summed E-state index contributed by atoms with van der Waals surface area (Å²) in [6.07, 6.45) is 2.80. The van der Waals surface area contributed by atoms with Crippen LogP contribution in [0.4, 0.5) is 5.69 Å². The second-order valence-electron chi connectivity index (χ2n) is 9.96. The fourth-order valence-corrected chi connectivity index (χ4v) is 5.25. The summed E-state index contributed by atoms with van der Waals surface area (Å²) in [6, 6.07) is 12.1. The number of methoxy groups -OCH3 is 1. The maximum Gasteiger partial charge on any atom is 0.181 e. The van der Waals surface area contributed by atoms with Gasteiger partial charge in [-0.2, -0.15) is 5.26 Å². The maximum atomic E-state index is 10.4. The molecule has 2 aromatic carbocycles. The number of rotatable bonds is 7. The minimum Gasteiger partial charge on any atom is -0.504 e. The second-order valence-corrected chi connectivity index (χ2v) is 9.96. The molecular weight excluding hydrogens is 442 g/mol. The largest absolute Gasteiger partial charge is 0.504 e. The van der Waals surface area contributed by atoms with Gasteiger partial charge in [-0.3, -0.25) is 4.90 Å². The van der Waals surface area contributed by atoms with Crippen LogP contribution in [0.3, 0.4) is 0 Å². The average Bonchev–Trinajstić information content (AvgIpc) is 3.57. The first-order valence-electron chi connectivity index (χ1n) is 12.3. The summed E-state index contributed by atoms with van der Waals surface area (Å²) in [6.45, 7) is 7.84. The molecule has 8 heteroatoms. The van der Waals surface area contributed by atoms with Crippen molar-refractivity contribution >= 4 is 16.7 Å². The van der Waals surface area contributed by atoms with Gasteiger partial charge in [0.05, 0.1) is 36.3 Å². The highest BCUT2D eigenvalue weighted by Gasteiger charge is 2.44. The smallest absolute Gasteiger partial charge is 0.181 e. The van der Waals surface area contributed by atoms with Crippen molar-refractivity contribution in [2.45, 2.75) is 52.2 Å². The normalized spacial score (nSPS) is 19.6. The lowest BCUT2D eigenvalue weighted by molar-refractivity contribution is 0.157. The number of hydrogen-bond donors (Lipinski definition) is 2. The van der Waals surface area contributed by atoms with Gasteiger partial charge in [0, 0.05) is 32.2 Å². The first-order valence-corrected chi connectivity index (χ1v) is 12.3. The molecule has 2 fully saturated rings. The molecule has 1 saturated heterocycles. The van der Waals surface area contributed by atoms with Crippen LogP contribution in [0, 0.1) is 23.7 Å². The van der Waals surface area contributed by atoms with Crippen molar-refractivity contribution in [2.24, 2.45) is 5.41 Å². The quantitative estimate of drug-likeness (QED) is 0.495. The Balaban J connectivity index is 1.46. The van der Waals surface area contributed by atoms with E-state index in [0.29, 0.717) is 18.8 Å². The number of imidazole rings is 1. The summed E-state index contributed by atoms with van der Waals surface area (Å²) in [5.41, 5.74) is 3.35. The van der Waals surface area contributed by atoms with Gasteiger partial charge in [0.15, 0.2) is 11.5 Å². The molecule has 3 aromatic rings. The third kappa shape index (κ3) is 4.25. The lowest BCUT2D eigenvalue weighted by atomic mass is 10.1. The zero-order valence-electron chi connectivity index (χ0n) is 20.7. The van der Waals surface area contributed by atoms with Crippen LogP contribution in [-0.2, 0) is 13.1 Å². The molecule has 1 saturated carbocycles. The first-order chi connectivity index (χ1) is 16.9. The van der Waals surface area contributed by atoms with Crippen LogP contribution < -0.4 is 9.64 Å². The summed E-state index contributed by atoms with van der Waals surface area (Å²) in [5, 5.41) is 30.1. The van der Waals surface area contributed by atoms with Crippen LogP contribution in [0.2, 0.25) is 0 Å². The summed E-state index contributed by atoms with van der Waals surface area (Å²) < 4.78 is 7.90. The third-order valence-electron chi connectivity index (χ3n) is 7.57. The molecule has 1 unspecified atom stereocenters. The van der Waals surface area contributed by atoms with Crippen molar-refractivity contribution in [3.8, 4) is 23.3 Å². The third-order valence-corrected chi connectivity index (χ3v) is 7.57. The van der Waals surface area contributed by atoms with Gasteiger partial charge >= 0.3 is 0 Å². The van der Waals surface area contributed by atoms with E-state index in [1.807, 2.05) is 12.1 Å². The Bertz CT molecular complexity index is 1290. The lowest BCUT2D eigenvalue weighted by Gasteiger charge is -2.42. The van der Waals surface area contributed by atoms with Gasteiger partial charge in [0.1, 0.15) is 17.1 Å². The van der Waals surface area contributed by atoms with E-state index >= 15 is 0 Å². The van der Waals surface area contributed by atoms with E-state index in [9.17, 15) is 15.5 Å². The van der Waals surface area contributed by atoms with E-state index in [2.05, 4.69) is 40.3 Å². The number of aromatic hydroxyl groups is 2. The predicted molar refractivity (Wildman–Crippen MR) is 135 cm³/mol. The van der Waals surface area contributed by atoms with Gasteiger partial charge in [0.25, 0.3) is 0 Å². The number of phenols is 2. The number of phenolic OH excluding ortho intramolecular Hbond substituents is 2. The van der Waals surface area contributed by atoms with E-state index in [-0.39, 0.29) is 23.0 Å². The minimum atomic E-state index is -0.297. The SMILES string of the molecule is CCC1CN(c2cccc(O)c2O)CCN1Cc1nc2c(OC)cc(C)cc2n1CC1(C#N)CC1. The number of aryl methyl sites for hydroxylation is 1. The second kappa shape index (κ2) is 8.97. The number of para-hydroxylation sites is 1. The molecular formula is C27H33N5O3. The highest BCUT2D eigenvalue weighted by atomic mass is 16.5. The molecule has 5 rings (SSSR count). The minimum absolute atomic E-state index is 0.0636. The topological polar surface area (TPSA) is 97.8 Å². The molecule has 1 aliphatic carbocycles. The fourth-order valence-electron chi connectivity index (χ4n) is 5.25. The molecule has 8 nitrogen and oxygen atoms in total. The maximum absolute atomic E-state index is 10.4. The Hall–Kier alpha value is -3.44. The fraction of sp³-hybridized carbons (Fsp3) is 0.481. The molecule has 2 aliphatic rings. The molecule has 2 N–H and O–H groups in total. The highest BCUT2D eigenvalue weighted by Crippen LogP contribution is 2.47. The monoisotopic (exact) mass is 475 g/mol. The first kappa shape index (κ1) is 23.3. The Morgan fingerprint density at radius 3 is 2.71 bits per heavy atom. The van der Waals surface area contributed by atoms with Crippen LogP contribution >= 0.6 is 0 Å². The van der Waals surface area contributed by atoms with E-state index in [1.54, 1.807) is 13.2 Å². The number of fused-ring (bicyclic) bond motifs is 1. The van der Waals surface area contributed by atoms with Crippen molar-refractivity contribution < 1.29 is 14.9 Å². The molecule has 0 bridgehead atoms. The number of aromatic nitrogens is 2. The van der Waals surface area contributed by atoms with Crippen LogP contribution in [0.1, 0.15) is 37.6 Å². The zero-order valence-corrected chi connectivity index (χ0v) is 20.7.